The van der Waals surface area contributed by atoms with Crippen molar-refractivity contribution in [2.45, 2.75) is 386 Å². The molecular weight excluding hydrogens is 863 g/mol. The molecule has 0 saturated heterocycles. The van der Waals surface area contributed by atoms with E-state index in [-0.39, 0.29) is 18.5 Å². The smallest absolute Gasteiger partial charge is 0.305 e. The third-order valence-electron chi connectivity index (χ3n) is 15.4. The third-order valence-corrected chi connectivity index (χ3v) is 15.4. The Kier molecular flexibility index (Phi) is 59.4. The van der Waals surface area contributed by atoms with Crippen LogP contribution in [-0.4, -0.2) is 47.4 Å². The van der Waals surface area contributed by atoms with E-state index in [2.05, 4.69) is 19.2 Å². The fourth-order valence-electron chi connectivity index (χ4n) is 10.5. The summed E-state index contributed by atoms with van der Waals surface area (Å²) in [5, 5.41) is 23.4. The van der Waals surface area contributed by atoms with Crippen molar-refractivity contribution < 1.29 is 24.5 Å². The van der Waals surface area contributed by atoms with Crippen molar-refractivity contribution >= 4 is 11.9 Å². The highest BCUT2D eigenvalue weighted by atomic mass is 16.5. The lowest BCUT2D eigenvalue weighted by atomic mass is 10.0. The van der Waals surface area contributed by atoms with Gasteiger partial charge in [0.15, 0.2) is 0 Å². The van der Waals surface area contributed by atoms with Crippen LogP contribution in [0.3, 0.4) is 0 Å². The molecule has 6 nitrogen and oxygen atoms in total. The maximum Gasteiger partial charge on any atom is 0.305 e. The van der Waals surface area contributed by atoms with Gasteiger partial charge in [0.05, 0.1) is 25.4 Å². The molecule has 0 radical (unpaired) electrons. The lowest BCUT2D eigenvalue weighted by Crippen LogP contribution is -2.45. The lowest BCUT2D eigenvalue weighted by molar-refractivity contribution is -0.143. The van der Waals surface area contributed by atoms with E-state index in [1.807, 2.05) is 0 Å². The van der Waals surface area contributed by atoms with E-state index in [0.717, 1.165) is 44.9 Å². The Morgan fingerprint density at radius 2 is 0.586 bits per heavy atom. The summed E-state index contributed by atoms with van der Waals surface area (Å²) in [4.78, 5) is 24.6. The molecule has 0 rings (SSSR count). The molecule has 70 heavy (non-hydrogen) atoms. The Labute approximate surface area is 438 Å². The van der Waals surface area contributed by atoms with Gasteiger partial charge in [0.25, 0.3) is 0 Å². The van der Waals surface area contributed by atoms with E-state index >= 15 is 0 Å². The number of amides is 1. The first kappa shape index (κ1) is 68.9. The summed E-state index contributed by atoms with van der Waals surface area (Å²) >= 11 is 0. The quantitative estimate of drug-likeness (QED) is 0.0417. The summed E-state index contributed by atoms with van der Waals surface area (Å²) in [6.45, 7) is 4.98. The van der Waals surface area contributed by atoms with Crippen LogP contribution in [0.25, 0.3) is 0 Å². The highest BCUT2D eigenvalue weighted by Gasteiger charge is 2.20. The summed E-state index contributed by atoms with van der Waals surface area (Å²) in [7, 11) is 0. The molecule has 0 aliphatic heterocycles. The molecule has 2 atom stereocenters. The monoisotopic (exact) mass is 990 g/mol. The van der Waals surface area contributed by atoms with Crippen LogP contribution in [0.4, 0.5) is 0 Å². The molecule has 0 aromatic rings. The molecular formula is C64H127NO5. The molecule has 2 unspecified atom stereocenters. The van der Waals surface area contributed by atoms with Gasteiger partial charge in [-0.15, -0.1) is 0 Å². The number of aliphatic hydroxyl groups is 2. The molecule has 0 bridgehead atoms. The first-order valence-corrected chi connectivity index (χ1v) is 32.3. The van der Waals surface area contributed by atoms with Crippen molar-refractivity contribution in [2.75, 3.05) is 13.2 Å². The van der Waals surface area contributed by atoms with Gasteiger partial charge in [-0.25, -0.2) is 0 Å². The summed E-state index contributed by atoms with van der Waals surface area (Å²) in [5.41, 5.74) is 0. The Balaban J connectivity index is 3.41. The maximum absolute atomic E-state index is 12.5. The largest absolute Gasteiger partial charge is 0.466 e. The number of hydrogen-bond acceptors (Lipinski definition) is 5. The van der Waals surface area contributed by atoms with Gasteiger partial charge in [0.2, 0.25) is 5.91 Å². The van der Waals surface area contributed by atoms with Gasteiger partial charge < -0.3 is 20.3 Å². The van der Waals surface area contributed by atoms with E-state index in [9.17, 15) is 19.8 Å². The van der Waals surface area contributed by atoms with E-state index < -0.39 is 12.1 Å². The summed E-state index contributed by atoms with van der Waals surface area (Å²) in [6.07, 6.45) is 71.1. The van der Waals surface area contributed by atoms with Gasteiger partial charge in [0.1, 0.15) is 0 Å². The molecule has 0 heterocycles. The maximum atomic E-state index is 12.5. The number of unbranched alkanes of at least 4 members (excludes halogenated alkanes) is 50. The van der Waals surface area contributed by atoms with Crippen molar-refractivity contribution in [2.24, 2.45) is 0 Å². The van der Waals surface area contributed by atoms with Crippen molar-refractivity contribution in [3.63, 3.8) is 0 Å². The summed E-state index contributed by atoms with van der Waals surface area (Å²) in [6, 6.07) is -0.548. The highest BCUT2D eigenvalue weighted by Crippen LogP contribution is 2.19. The molecule has 0 aromatic carbocycles. The molecule has 0 fully saturated rings. The van der Waals surface area contributed by atoms with Gasteiger partial charge in [0, 0.05) is 12.8 Å². The van der Waals surface area contributed by atoms with Gasteiger partial charge in [-0.1, -0.05) is 335 Å². The number of aliphatic hydroxyl groups excluding tert-OH is 2. The molecule has 6 heteroatoms. The SMILES string of the molecule is CCCCCCCCCCCCCCCCCCCCCCCCCC(O)C(CO)NC(=O)CCCCCCCCCCCCCCCCCOC(=O)CCCCCCCCCCCCCCCCC. The highest BCUT2D eigenvalue weighted by molar-refractivity contribution is 5.76. The number of rotatable bonds is 61. The standard InChI is InChI=1S/C64H127NO5/c1-3-5-7-9-11-13-15-17-19-20-21-22-23-24-25-26-29-32-36-40-44-48-52-56-62(67)61(60-66)65-63(68)57-53-49-45-41-37-33-30-27-31-35-39-43-47-51-55-59-70-64(69)58-54-50-46-42-38-34-28-18-16-14-12-10-8-6-4-2/h61-62,66-67H,3-60H2,1-2H3,(H,65,68). The second-order valence-corrected chi connectivity index (χ2v) is 22.5. The average Bonchev–Trinajstić information content (AvgIpc) is 3.36. The number of nitrogens with one attached hydrogen (secondary N) is 1. The second kappa shape index (κ2) is 60.4. The molecule has 0 aromatic heterocycles. The van der Waals surface area contributed by atoms with E-state index in [0.29, 0.717) is 25.9 Å². The zero-order valence-electron chi connectivity index (χ0n) is 47.8. The van der Waals surface area contributed by atoms with Crippen molar-refractivity contribution in [1.29, 1.82) is 0 Å². The lowest BCUT2D eigenvalue weighted by Gasteiger charge is -2.22. The van der Waals surface area contributed by atoms with E-state index in [1.165, 1.54) is 295 Å². The molecule has 1 amide bonds. The minimum absolute atomic E-state index is 0.00526. The first-order valence-electron chi connectivity index (χ1n) is 32.3. The molecule has 0 aliphatic carbocycles. The number of carbonyl (C=O) groups excluding carboxylic acids is 2. The van der Waals surface area contributed by atoms with Crippen molar-refractivity contribution in [3.8, 4) is 0 Å². The van der Waals surface area contributed by atoms with Crippen molar-refractivity contribution in [3.05, 3.63) is 0 Å². The van der Waals surface area contributed by atoms with E-state index in [4.69, 9.17) is 4.74 Å². The fourth-order valence-corrected chi connectivity index (χ4v) is 10.5. The number of hydrogen-bond donors (Lipinski definition) is 3. The zero-order valence-corrected chi connectivity index (χ0v) is 47.8. The molecule has 0 spiro atoms. The average molecular weight is 991 g/mol. The van der Waals surface area contributed by atoms with Gasteiger partial charge in [-0.05, 0) is 25.7 Å². The number of esters is 1. The van der Waals surface area contributed by atoms with Crippen LogP contribution in [0.2, 0.25) is 0 Å². The fraction of sp³-hybridized carbons (Fsp3) is 0.969. The van der Waals surface area contributed by atoms with Gasteiger partial charge in [-0.3, -0.25) is 9.59 Å². The minimum Gasteiger partial charge on any atom is -0.466 e. The van der Waals surface area contributed by atoms with E-state index in [1.54, 1.807) is 0 Å². The summed E-state index contributed by atoms with van der Waals surface area (Å²) in [5.74, 6) is -0.0328. The Hall–Kier alpha value is -1.14. The van der Waals surface area contributed by atoms with Crippen LogP contribution >= 0.6 is 0 Å². The Morgan fingerprint density at radius 1 is 0.343 bits per heavy atom. The van der Waals surface area contributed by atoms with Crippen LogP contribution < -0.4 is 5.32 Å². The molecule has 0 saturated carbocycles. The third kappa shape index (κ3) is 56.2. The number of carbonyl (C=O) groups is 2. The normalized spacial score (nSPS) is 12.5. The van der Waals surface area contributed by atoms with Gasteiger partial charge >= 0.3 is 5.97 Å². The van der Waals surface area contributed by atoms with Crippen molar-refractivity contribution in [1.82, 2.24) is 5.32 Å². The molecule has 0 aliphatic rings. The predicted octanol–water partition coefficient (Wildman–Crippen LogP) is 20.3. The van der Waals surface area contributed by atoms with Gasteiger partial charge in [-0.2, -0.15) is 0 Å². The predicted molar refractivity (Wildman–Crippen MR) is 306 cm³/mol. The van der Waals surface area contributed by atoms with Crippen LogP contribution in [0, 0.1) is 0 Å². The molecule has 3 N–H and O–H groups in total. The topological polar surface area (TPSA) is 95.9 Å². The van der Waals surface area contributed by atoms with Crippen LogP contribution in [0.1, 0.15) is 373 Å². The number of ether oxygens (including phenoxy) is 1. The first-order chi connectivity index (χ1) is 34.5. The van der Waals surface area contributed by atoms with Crippen LogP contribution in [0.5, 0.6) is 0 Å². The Morgan fingerprint density at radius 3 is 0.871 bits per heavy atom. The zero-order chi connectivity index (χ0) is 50.7. The Bertz CT molecular complexity index is 1010. The van der Waals surface area contributed by atoms with Crippen LogP contribution in [-0.2, 0) is 14.3 Å². The van der Waals surface area contributed by atoms with Crippen LogP contribution in [0.15, 0.2) is 0 Å². The second-order valence-electron chi connectivity index (χ2n) is 22.5. The summed E-state index contributed by atoms with van der Waals surface area (Å²) < 4.78 is 5.49. The molecule has 418 valence electrons. The minimum atomic E-state index is -0.670.